The normalized spacial score (nSPS) is 10.0. The molecular weight excluding hydrogens is 246 g/mol. The number of halogens is 1. The number of rotatable bonds is 4. The van der Waals surface area contributed by atoms with Crippen LogP contribution in [0, 0.1) is 0 Å². The molecular formula is C10H12BrNS. The number of nitrogens with two attached hydrogens (primary N) is 1. The Labute approximate surface area is 91.5 Å². The summed E-state index contributed by atoms with van der Waals surface area (Å²) in [6.45, 7) is 4.42. The fourth-order valence-corrected chi connectivity index (χ4v) is 1.86. The van der Waals surface area contributed by atoms with Gasteiger partial charge >= 0.3 is 0 Å². The van der Waals surface area contributed by atoms with Gasteiger partial charge in [0.05, 0.1) is 0 Å². The summed E-state index contributed by atoms with van der Waals surface area (Å²) < 4.78 is 1.11. The van der Waals surface area contributed by atoms with Gasteiger partial charge in [0.1, 0.15) is 0 Å². The van der Waals surface area contributed by atoms with Crippen molar-refractivity contribution in [1.29, 1.82) is 0 Å². The molecule has 1 nitrogen and oxygen atoms in total. The van der Waals surface area contributed by atoms with Gasteiger partial charge in [-0.25, -0.2) is 0 Å². The number of hydrogen-bond donors (Lipinski definition) is 1. The van der Waals surface area contributed by atoms with E-state index >= 15 is 0 Å². The van der Waals surface area contributed by atoms with Crippen LogP contribution < -0.4 is 5.73 Å². The summed E-state index contributed by atoms with van der Waals surface area (Å²) in [5.74, 6) is 0.901. The van der Waals surface area contributed by atoms with Crippen molar-refractivity contribution >= 4 is 27.7 Å². The Morgan fingerprint density at radius 2 is 2.00 bits per heavy atom. The average Bonchev–Trinajstić information content (AvgIpc) is 2.16. The molecule has 0 saturated heterocycles. The highest BCUT2D eigenvalue weighted by Gasteiger charge is 1.95. The van der Waals surface area contributed by atoms with Gasteiger partial charge in [-0.1, -0.05) is 28.1 Å². The van der Waals surface area contributed by atoms with Gasteiger partial charge in [0.15, 0.2) is 0 Å². The van der Waals surface area contributed by atoms with Crippen LogP contribution in [0.3, 0.4) is 0 Å². The highest BCUT2D eigenvalue weighted by Crippen LogP contribution is 2.21. The second kappa shape index (κ2) is 5.47. The van der Waals surface area contributed by atoms with E-state index in [-0.39, 0.29) is 0 Å². The molecule has 0 radical (unpaired) electrons. The molecule has 0 spiro atoms. The van der Waals surface area contributed by atoms with E-state index in [0.717, 1.165) is 15.8 Å². The molecule has 0 amide bonds. The minimum absolute atomic E-state index is 0.573. The lowest BCUT2D eigenvalue weighted by Gasteiger charge is -2.02. The molecule has 0 unspecified atom stereocenters. The third-order valence-electron chi connectivity index (χ3n) is 1.55. The topological polar surface area (TPSA) is 26.0 Å². The van der Waals surface area contributed by atoms with Crippen molar-refractivity contribution in [2.75, 3.05) is 12.3 Å². The Bertz CT molecular complexity index is 281. The van der Waals surface area contributed by atoms with Gasteiger partial charge in [0.25, 0.3) is 0 Å². The Hall–Kier alpha value is -0.250. The van der Waals surface area contributed by atoms with Gasteiger partial charge in [-0.3, -0.25) is 0 Å². The summed E-state index contributed by atoms with van der Waals surface area (Å²) in [6, 6.07) is 8.23. The van der Waals surface area contributed by atoms with Crippen LogP contribution in [0.25, 0.3) is 0 Å². The van der Waals surface area contributed by atoms with Crippen LogP contribution in [-0.2, 0) is 0 Å². The molecule has 1 rings (SSSR count). The van der Waals surface area contributed by atoms with Crippen molar-refractivity contribution in [3.05, 3.63) is 40.9 Å². The van der Waals surface area contributed by atoms with Gasteiger partial charge in [-0.05, 0) is 24.3 Å². The molecule has 3 heteroatoms. The van der Waals surface area contributed by atoms with Gasteiger partial charge < -0.3 is 5.73 Å². The number of benzene rings is 1. The molecule has 70 valence electrons. The first-order valence-corrected chi connectivity index (χ1v) is 5.75. The minimum Gasteiger partial charge on any atom is -0.327 e. The summed E-state index contributed by atoms with van der Waals surface area (Å²) >= 11 is 5.15. The Morgan fingerprint density at radius 3 is 2.54 bits per heavy atom. The van der Waals surface area contributed by atoms with Gasteiger partial charge in [0, 0.05) is 21.7 Å². The first kappa shape index (κ1) is 10.8. The summed E-state index contributed by atoms with van der Waals surface area (Å²) in [5.41, 5.74) is 6.52. The van der Waals surface area contributed by atoms with Crippen LogP contribution in [0.1, 0.15) is 0 Å². The Balaban J connectivity index is 2.46. The highest BCUT2D eigenvalue weighted by molar-refractivity contribution is 9.10. The van der Waals surface area contributed by atoms with Crippen molar-refractivity contribution < 1.29 is 0 Å². The molecule has 13 heavy (non-hydrogen) atoms. The smallest absolute Gasteiger partial charge is 0.0200 e. The second-order valence-corrected chi connectivity index (χ2v) is 4.66. The van der Waals surface area contributed by atoms with Crippen LogP contribution in [0.4, 0.5) is 0 Å². The molecule has 0 aliphatic rings. The van der Waals surface area contributed by atoms with Crippen molar-refractivity contribution in [3.63, 3.8) is 0 Å². The predicted octanol–water partition coefficient (Wildman–Crippen LogP) is 3.06. The van der Waals surface area contributed by atoms with Gasteiger partial charge in [0.2, 0.25) is 0 Å². The molecule has 0 aromatic heterocycles. The zero-order chi connectivity index (χ0) is 9.68. The lowest BCUT2D eigenvalue weighted by molar-refractivity contribution is 1.15. The molecule has 1 aromatic rings. The van der Waals surface area contributed by atoms with Crippen molar-refractivity contribution in [3.8, 4) is 0 Å². The van der Waals surface area contributed by atoms with Crippen LogP contribution in [0.15, 0.2) is 45.8 Å². The minimum atomic E-state index is 0.573. The fraction of sp³-hybridized carbons (Fsp3) is 0.200. The largest absolute Gasteiger partial charge is 0.327 e. The molecule has 0 fully saturated rings. The van der Waals surface area contributed by atoms with Crippen molar-refractivity contribution in [1.82, 2.24) is 0 Å². The molecule has 1 aromatic carbocycles. The van der Waals surface area contributed by atoms with E-state index in [1.165, 1.54) is 4.90 Å². The molecule has 0 atom stereocenters. The molecule has 0 aliphatic heterocycles. The molecule has 0 saturated carbocycles. The Kier molecular flexibility index (Phi) is 4.56. The van der Waals surface area contributed by atoms with E-state index in [2.05, 4.69) is 34.6 Å². The quantitative estimate of drug-likeness (QED) is 0.663. The SMILES string of the molecule is C=C(CN)CSc1ccc(Br)cc1. The molecule has 0 bridgehead atoms. The van der Waals surface area contributed by atoms with E-state index < -0.39 is 0 Å². The van der Waals surface area contributed by atoms with E-state index in [9.17, 15) is 0 Å². The first-order chi connectivity index (χ1) is 6.22. The standard InChI is InChI=1S/C10H12BrNS/c1-8(6-12)7-13-10-4-2-9(11)3-5-10/h2-5H,1,6-7,12H2. The zero-order valence-electron chi connectivity index (χ0n) is 7.29. The summed E-state index contributed by atoms with van der Waals surface area (Å²) in [7, 11) is 0. The number of thioether (sulfide) groups is 1. The fourth-order valence-electron chi connectivity index (χ4n) is 0.775. The van der Waals surface area contributed by atoms with E-state index in [1.54, 1.807) is 11.8 Å². The maximum Gasteiger partial charge on any atom is 0.0200 e. The maximum atomic E-state index is 5.44. The van der Waals surface area contributed by atoms with Crippen molar-refractivity contribution in [2.45, 2.75) is 4.90 Å². The zero-order valence-corrected chi connectivity index (χ0v) is 9.70. The third-order valence-corrected chi connectivity index (χ3v) is 3.23. The van der Waals surface area contributed by atoms with E-state index in [4.69, 9.17) is 5.73 Å². The Morgan fingerprint density at radius 1 is 1.38 bits per heavy atom. The van der Waals surface area contributed by atoms with Crippen molar-refractivity contribution in [2.24, 2.45) is 5.73 Å². The summed E-state index contributed by atoms with van der Waals surface area (Å²) in [5, 5.41) is 0. The van der Waals surface area contributed by atoms with Gasteiger partial charge in [-0.15, -0.1) is 11.8 Å². The lowest BCUT2D eigenvalue weighted by atomic mass is 10.4. The predicted molar refractivity (Wildman–Crippen MR) is 63.1 cm³/mol. The summed E-state index contributed by atoms with van der Waals surface area (Å²) in [6.07, 6.45) is 0. The maximum absolute atomic E-state index is 5.44. The number of hydrogen-bond acceptors (Lipinski definition) is 2. The highest BCUT2D eigenvalue weighted by atomic mass is 79.9. The monoisotopic (exact) mass is 257 g/mol. The molecule has 0 heterocycles. The van der Waals surface area contributed by atoms with Crippen LogP contribution in [-0.4, -0.2) is 12.3 Å². The second-order valence-electron chi connectivity index (χ2n) is 2.70. The van der Waals surface area contributed by atoms with E-state index in [0.29, 0.717) is 6.54 Å². The third kappa shape index (κ3) is 3.98. The van der Waals surface area contributed by atoms with E-state index in [1.807, 2.05) is 12.1 Å². The van der Waals surface area contributed by atoms with Gasteiger partial charge in [-0.2, -0.15) is 0 Å². The van der Waals surface area contributed by atoms with Crippen LogP contribution in [0.2, 0.25) is 0 Å². The molecule has 2 N–H and O–H groups in total. The lowest BCUT2D eigenvalue weighted by Crippen LogP contribution is -2.03. The molecule has 0 aliphatic carbocycles. The first-order valence-electron chi connectivity index (χ1n) is 3.97. The van der Waals surface area contributed by atoms with Crippen LogP contribution in [0.5, 0.6) is 0 Å². The van der Waals surface area contributed by atoms with Crippen LogP contribution >= 0.6 is 27.7 Å². The average molecular weight is 258 g/mol. The summed E-state index contributed by atoms with van der Waals surface area (Å²) in [4.78, 5) is 1.25.